The predicted molar refractivity (Wildman–Crippen MR) is 110 cm³/mol. The fourth-order valence-electron chi connectivity index (χ4n) is 3.99. The molecule has 2 heterocycles. The molecule has 0 saturated carbocycles. The van der Waals surface area contributed by atoms with Crippen molar-refractivity contribution in [2.75, 3.05) is 0 Å². The van der Waals surface area contributed by atoms with Gasteiger partial charge in [-0.25, -0.2) is 9.41 Å². The Labute approximate surface area is 159 Å². The minimum Gasteiger partial charge on any atom is -0.455 e. The number of fused-ring (bicyclic) bond motifs is 3. The lowest BCUT2D eigenvalue weighted by molar-refractivity contribution is -0.660. The number of rotatable bonds is 2. The van der Waals surface area contributed by atoms with Gasteiger partial charge in [-0.1, -0.05) is 19.9 Å². The molecule has 0 saturated heterocycles. The molecule has 4 aromatic rings. The second kappa shape index (κ2) is 6.25. The molecule has 0 fully saturated rings. The minimum atomic E-state index is 0.363. The third kappa shape index (κ3) is 2.61. The smallest absolute Gasteiger partial charge is 0.216 e. The van der Waals surface area contributed by atoms with Crippen LogP contribution in [0.5, 0.6) is 0 Å². The highest BCUT2D eigenvalue weighted by molar-refractivity contribution is 6.13. The molecule has 0 spiro atoms. The summed E-state index contributed by atoms with van der Waals surface area (Å²) in [6, 6.07) is 12.4. The first kappa shape index (κ1) is 17.3. The van der Waals surface area contributed by atoms with Crippen molar-refractivity contribution < 1.29 is 8.98 Å². The second-order valence-electron chi connectivity index (χ2n) is 7.57. The van der Waals surface area contributed by atoms with Gasteiger partial charge in [-0.05, 0) is 54.7 Å². The molecule has 0 aliphatic heterocycles. The van der Waals surface area contributed by atoms with E-state index >= 15 is 0 Å². The third-order valence-electron chi connectivity index (χ3n) is 5.30. The van der Waals surface area contributed by atoms with E-state index in [1.807, 2.05) is 25.1 Å². The van der Waals surface area contributed by atoms with Crippen LogP contribution < -0.4 is 4.57 Å². The van der Waals surface area contributed by atoms with E-state index in [0.717, 1.165) is 38.8 Å². The van der Waals surface area contributed by atoms with Crippen LogP contribution in [0.1, 0.15) is 36.5 Å². The zero-order chi connectivity index (χ0) is 19.3. The summed E-state index contributed by atoms with van der Waals surface area (Å²) in [4.78, 5) is 3.66. The topological polar surface area (TPSA) is 21.4 Å². The van der Waals surface area contributed by atoms with Crippen molar-refractivity contribution in [3.05, 3.63) is 70.7 Å². The van der Waals surface area contributed by atoms with Crippen molar-refractivity contribution in [2.24, 2.45) is 7.05 Å². The Kier molecular flexibility index (Phi) is 4.00. The van der Waals surface area contributed by atoms with Gasteiger partial charge in [0.05, 0.1) is 12.1 Å². The molecule has 0 aliphatic rings. The molecule has 3 nitrogen and oxygen atoms in total. The van der Waals surface area contributed by atoms with Crippen LogP contribution in [0.15, 0.2) is 47.0 Å². The number of pyridine rings is 1. The largest absolute Gasteiger partial charge is 0.455 e. The van der Waals surface area contributed by atoms with Gasteiger partial charge in [-0.2, -0.15) is 0 Å². The number of hydrogen-bond acceptors (Lipinski definition) is 1. The molecule has 2 aromatic carbocycles. The van der Waals surface area contributed by atoms with Crippen LogP contribution in [-0.2, 0) is 7.05 Å². The highest BCUT2D eigenvalue weighted by Crippen LogP contribution is 2.43. The Morgan fingerprint density at radius 1 is 1.04 bits per heavy atom. The maximum absolute atomic E-state index is 7.45. The Balaban J connectivity index is 2.25. The molecule has 4 rings (SSSR count). The van der Waals surface area contributed by atoms with E-state index in [0.29, 0.717) is 11.6 Å². The Morgan fingerprint density at radius 3 is 2.48 bits per heavy atom. The molecule has 0 aliphatic carbocycles. The summed E-state index contributed by atoms with van der Waals surface area (Å²) in [6.45, 7) is 16.0. The lowest BCUT2D eigenvalue weighted by Crippen LogP contribution is -2.30. The summed E-state index contributed by atoms with van der Waals surface area (Å²) >= 11 is 0. The standard InChI is InChI=1S/C24H23N2O/c1-14(2)18-12-15(3)21(20-9-7-8-10-26(20)6)24-22(18)19-13-17(25-5)11-16(4)23(19)27-24/h7-14H,1-4,6H3/q+1. The van der Waals surface area contributed by atoms with Gasteiger partial charge < -0.3 is 4.42 Å². The average Bonchev–Trinajstić information content (AvgIpc) is 3.01. The molecule has 134 valence electrons. The number of hydrogen-bond donors (Lipinski definition) is 0. The van der Waals surface area contributed by atoms with Gasteiger partial charge in [0.2, 0.25) is 5.69 Å². The molecular formula is C24H23N2O+. The van der Waals surface area contributed by atoms with Crippen LogP contribution in [-0.4, -0.2) is 0 Å². The number of aromatic nitrogens is 1. The van der Waals surface area contributed by atoms with Gasteiger partial charge in [-0.3, -0.25) is 0 Å². The second-order valence-corrected chi connectivity index (χ2v) is 7.57. The first-order valence-electron chi connectivity index (χ1n) is 9.25. The van der Waals surface area contributed by atoms with Gasteiger partial charge in [0.1, 0.15) is 18.2 Å². The first-order chi connectivity index (χ1) is 12.9. The van der Waals surface area contributed by atoms with Crippen molar-refractivity contribution in [1.29, 1.82) is 0 Å². The molecule has 0 N–H and O–H groups in total. The quantitative estimate of drug-likeness (QED) is 0.302. The van der Waals surface area contributed by atoms with Crippen LogP contribution >= 0.6 is 0 Å². The Hall–Kier alpha value is -3.12. The van der Waals surface area contributed by atoms with Crippen molar-refractivity contribution in [1.82, 2.24) is 0 Å². The fourth-order valence-corrected chi connectivity index (χ4v) is 3.99. The van der Waals surface area contributed by atoms with E-state index in [4.69, 9.17) is 11.0 Å². The summed E-state index contributed by atoms with van der Waals surface area (Å²) in [5.41, 5.74) is 8.18. The van der Waals surface area contributed by atoms with E-state index in [1.165, 1.54) is 11.1 Å². The molecule has 0 amide bonds. The van der Waals surface area contributed by atoms with Gasteiger partial charge in [0, 0.05) is 22.9 Å². The van der Waals surface area contributed by atoms with Crippen LogP contribution in [0.3, 0.4) is 0 Å². The zero-order valence-corrected chi connectivity index (χ0v) is 16.4. The number of furan rings is 1. The first-order valence-corrected chi connectivity index (χ1v) is 9.25. The summed E-state index contributed by atoms with van der Waals surface area (Å²) < 4.78 is 8.61. The monoisotopic (exact) mass is 355 g/mol. The van der Waals surface area contributed by atoms with Gasteiger partial charge >= 0.3 is 0 Å². The molecule has 3 heteroatoms. The maximum atomic E-state index is 7.45. The molecule has 27 heavy (non-hydrogen) atoms. The lowest BCUT2D eigenvalue weighted by Gasteiger charge is -2.12. The van der Waals surface area contributed by atoms with Crippen LogP contribution in [0.4, 0.5) is 5.69 Å². The van der Waals surface area contributed by atoms with Gasteiger partial charge in [0.15, 0.2) is 11.9 Å². The molecule has 0 bridgehead atoms. The summed E-state index contributed by atoms with van der Waals surface area (Å²) in [5, 5.41) is 2.18. The number of benzene rings is 2. The summed E-state index contributed by atoms with van der Waals surface area (Å²) in [5.74, 6) is 0.363. The van der Waals surface area contributed by atoms with E-state index in [9.17, 15) is 0 Å². The van der Waals surface area contributed by atoms with E-state index < -0.39 is 0 Å². The Bertz CT molecular complexity index is 1240. The van der Waals surface area contributed by atoms with E-state index in [1.54, 1.807) is 0 Å². The molecule has 0 atom stereocenters. The summed E-state index contributed by atoms with van der Waals surface area (Å²) in [7, 11) is 2.06. The van der Waals surface area contributed by atoms with Crippen LogP contribution in [0.2, 0.25) is 0 Å². The van der Waals surface area contributed by atoms with E-state index in [2.05, 4.69) is 61.6 Å². The zero-order valence-electron chi connectivity index (χ0n) is 16.4. The van der Waals surface area contributed by atoms with Crippen molar-refractivity contribution in [3.63, 3.8) is 0 Å². The SMILES string of the molecule is [C-]#[N+]c1cc(C)c2oc3c(-c4cccc[n+]4C)c(C)cc(C(C)C)c3c2c1. The predicted octanol–water partition coefficient (Wildman–Crippen LogP) is 6.37. The van der Waals surface area contributed by atoms with Crippen molar-refractivity contribution in [3.8, 4) is 11.3 Å². The third-order valence-corrected chi connectivity index (χ3v) is 5.30. The average molecular weight is 355 g/mol. The molecule has 0 radical (unpaired) electrons. The number of aryl methyl sites for hydroxylation is 3. The van der Waals surface area contributed by atoms with Gasteiger partial charge in [0.25, 0.3) is 0 Å². The maximum Gasteiger partial charge on any atom is 0.216 e. The van der Waals surface area contributed by atoms with Gasteiger partial charge in [-0.15, -0.1) is 0 Å². The fraction of sp³-hybridized carbons (Fsp3) is 0.250. The Morgan fingerprint density at radius 2 is 1.81 bits per heavy atom. The molecule has 2 aromatic heterocycles. The number of nitrogens with zero attached hydrogens (tertiary/aromatic N) is 2. The molecular weight excluding hydrogens is 332 g/mol. The van der Waals surface area contributed by atoms with Crippen LogP contribution in [0.25, 0.3) is 38.0 Å². The summed E-state index contributed by atoms with van der Waals surface area (Å²) in [6.07, 6.45) is 2.06. The van der Waals surface area contributed by atoms with E-state index in [-0.39, 0.29) is 0 Å². The minimum absolute atomic E-state index is 0.363. The molecule has 0 unspecified atom stereocenters. The normalized spacial score (nSPS) is 11.4. The highest BCUT2D eigenvalue weighted by atomic mass is 16.3. The van der Waals surface area contributed by atoms with Crippen LogP contribution in [0, 0.1) is 20.4 Å². The lowest BCUT2D eigenvalue weighted by atomic mass is 9.91. The highest BCUT2D eigenvalue weighted by Gasteiger charge is 2.24. The van der Waals surface area contributed by atoms with Crippen molar-refractivity contribution in [2.45, 2.75) is 33.6 Å². The van der Waals surface area contributed by atoms with Crippen molar-refractivity contribution >= 4 is 27.6 Å².